The van der Waals surface area contributed by atoms with E-state index in [9.17, 15) is 9.18 Å². The summed E-state index contributed by atoms with van der Waals surface area (Å²) in [5, 5.41) is 3.25. The van der Waals surface area contributed by atoms with Crippen LogP contribution in [0.25, 0.3) is 0 Å². The van der Waals surface area contributed by atoms with Gasteiger partial charge >= 0.3 is 5.97 Å². The molecule has 3 nitrogen and oxygen atoms in total. The maximum Gasteiger partial charge on any atom is 0.323 e. The topological polar surface area (TPSA) is 38.3 Å². The smallest absolute Gasteiger partial charge is 0.323 e. The maximum absolute atomic E-state index is 12.8. The molecule has 1 saturated heterocycles. The Bertz CT molecular complexity index is 214. The molecule has 1 aliphatic heterocycles. The van der Waals surface area contributed by atoms with Gasteiger partial charge in [0.25, 0.3) is 0 Å². The minimum Gasteiger partial charge on any atom is -0.464 e. The number of halogens is 1. The fourth-order valence-corrected chi connectivity index (χ4v) is 2.15. The minimum atomic E-state index is -0.636. The van der Waals surface area contributed by atoms with Crippen molar-refractivity contribution in [3.05, 3.63) is 0 Å². The highest BCUT2D eigenvalue weighted by Crippen LogP contribution is 2.22. The molecular weight excluding hydrogens is 185 g/mol. The van der Waals surface area contributed by atoms with Gasteiger partial charge in [0.05, 0.1) is 6.61 Å². The third-order valence-corrected chi connectivity index (χ3v) is 3.03. The summed E-state index contributed by atoms with van der Waals surface area (Å²) in [4.78, 5) is 11.2. The molecule has 1 unspecified atom stereocenters. The highest BCUT2D eigenvalue weighted by atomic mass is 19.1. The first kappa shape index (κ1) is 9.90. The molecule has 80 valence electrons. The number of carbonyl (C=O) groups is 1. The quantitative estimate of drug-likeness (QED) is 0.682. The first-order valence-corrected chi connectivity index (χ1v) is 5.32. The maximum atomic E-state index is 12.8. The molecule has 1 N–H and O–H groups in total. The number of ether oxygens (including phenoxy) is 1. The van der Waals surface area contributed by atoms with Crippen LogP contribution in [0.15, 0.2) is 0 Å². The van der Waals surface area contributed by atoms with E-state index in [1.165, 1.54) is 0 Å². The summed E-state index contributed by atoms with van der Waals surface area (Å²) >= 11 is 0. The molecule has 1 aliphatic carbocycles. The lowest BCUT2D eigenvalue weighted by atomic mass is 9.93. The molecule has 0 aromatic heterocycles. The van der Waals surface area contributed by atoms with Crippen molar-refractivity contribution in [2.75, 3.05) is 6.61 Å². The van der Waals surface area contributed by atoms with E-state index in [1.54, 1.807) is 0 Å². The summed E-state index contributed by atoms with van der Waals surface area (Å²) in [7, 11) is 0. The molecule has 0 spiro atoms. The van der Waals surface area contributed by atoms with Crippen molar-refractivity contribution in [2.45, 2.75) is 50.4 Å². The lowest BCUT2D eigenvalue weighted by molar-refractivity contribution is -0.139. The molecular formula is C10H16FNO2. The highest BCUT2D eigenvalue weighted by Gasteiger charge is 2.30. The predicted octanol–water partition coefficient (Wildman–Crippen LogP) is 1.17. The van der Waals surface area contributed by atoms with Crippen molar-refractivity contribution in [2.24, 2.45) is 0 Å². The van der Waals surface area contributed by atoms with E-state index >= 15 is 0 Å². The van der Waals surface area contributed by atoms with Crippen LogP contribution in [-0.2, 0) is 9.53 Å². The molecule has 14 heavy (non-hydrogen) atoms. The van der Waals surface area contributed by atoms with Gasteiger partial charge in [-0.3, -0.25) is 4.79 Å². The van der Waals surface area contributed by atoms with Crippen LogP contribution in [0, 0.1) is 0 Å². The van der Waals surface area contributed by atoms with Crippen molar-refractivity contribution in [3.8, 4) is 0 Å². The molecule has 4 heteroatoms. The minimum absolute atomic E-state index is 0.142. The third kappa shape index (κ3) is 2.23. The summed E-state index contributed by atoms with van der Waals surface area (Å²) in [6.07, 6.45) is 3.05. The Morgan fingerprint density at radius 2 is 1.93 bits per heavy atom. The highest BCUT2D eigenvalue weighted by molar-refractivity contribution is 5.77. The Kier molecular flexibility index (Phi) is 3.01. The van der Waals surface area contributed by atoms with Gasteiger partial charge < -0.3 is 10.1 Å². The monoisotopic (exact) mass is 201 g/mol. The summed E-state index contributed by atoms with van der Waals surface area (Å²) < 4.78 is 17.7. The van der Waals surface area contributed by atoms with Crippen LogP contribution in [0.3, 0.4) is 0 Å². The largest absolute Gasteiger partial charge is 0.464 e. The Morgan fingerprint density at radius 1 is 1.21 bits per heavy atom. The van der Waals surface area contributed by atoms with Crippen molar-refractivity contribution >= 4 is 5.97 Å². The summed E-state index contributed by atoms with van der Waals surface area (Å²) in [5.74, 6) is -0.146. The lowest BCUT2D eigenvalue weighted by Crippen LogP contribution is -2.43. The van der Waals surface area contributed by atoms with Gasteiger partial charge in [0, 0.05) is 12.5 Å². The summed E-state index contributed by atoms with van der Waals surface area (Å²) in [6.45, 7) is 0.523. The standard InChI is InChI=1S/C10H16FNO2/c11-7-1-3-8(4-2-7)12-9-5-6-14-10(9)13/h7-9,12H,1-6H2. The Balaban J connectivity index is 1.77. The van der Waals surface area contributed by atoms with Crippen LogP contribution in [-0.4, -0.2) is 30.8 Å². The molecule has 1 saturated carbocycles. The fourth-order valence-electron chi connectivity index (χ4n) is 2.15. The van der Waals surface area contributed by atoms with Gasteiger partial charge in [0.15, 0.2) is 0 Å². The van der Waals surface area contributed by atoms with Gasteiger partial charge in [0.1, 0.15) is 12.2 Å². The first-order valence-electron chi connectivity index (χ1n) is 5.32. The summed E-state index contributed by atoms with van der Waals surface area (Å²) in [6, 6.07) is 0.161. The summed E-state index contributed by atoms with van der Waals surface area (Å²) in [5.41, 5.74) is 0. The Hall–Kier alpha value is -0.640. The van der Waals surface area contributed by atoms with Gasteiger partial charge in [-0.25, -0.2) is 4.39 Å². The van der Waals surface area contributed by atoms with Crippen LogP contribution in [0.2, 0.25) is 0 Å². The van der Waals surface area contributed by atoms with E-state index in [4.69, 9.17) is 4.74 Å². The number of hydrogen-bond acceptors (Lipinski definition) is 3. The van der Waals surface area contributed by atoms with E-state index in [-0.39, 0.29) is 12.0 Å². The molecule has 2 rings (SSSR count). The zero-order chi connectivity index (χ0) is 9.97. The van der Waals surface area contributed by atoms with Gasteiger partial charge in [-0.05, 0) is 25.7 Å². The van der Waals surface area contributed by atoms with Gasteiger partial charge in [-0.1, -0.05) is 0 Å². The van der Waals surface area contributed by atoms with Crippen LogP contribution in [0.5, 0.6) is 0 Å². The predicted molar refractivity (Wildman–Crippen MR) is 49.7 cm³/mol. The van der Waals surface area contributed by atoms with Crippen molar-refractivity contribution in [3.63, 3.8) is 0 Å². The number of nitrogens with one attached hydrogen (secondary N) is 1. The zero-order valence-electron chi connectivity index (χ0n) is 8.17. The molecule has 2 fully saturated rings. The van der Waals surface area contributed by atoms with Crippen LogP contribution in [0.4, 0.5) is 4.39 Å². The Labute approximate surface area is 83.0 Å². The second-order valence-electron chi connectivity index (χ2n) is 4.12. The third-order valence-electron chi connectivity index (χ3n) is 3.03. The fraction of sp³-hybridized carbons (Fsp3) is 0.900. The normalized spacial score (nSPS) is 38.4. The second-order valence-corrected chi connectivity index (χ2v) is 4.12. The zero-order valence-corrected chi connectivity index (χ0v) is 8.17. The average Bonchev–Trinajstić information content (AvgIpc) is 2.56. The second kappa shape index (κ2) is 4.26. The molecule has 0 bridgehead atoms. The van der Waals surface area contributed by atoms with Crippen molar-refractivity contribution < 1.29 is 13.9 Å². The van der Waals surface area contributed by atoms with Crippen LogP contribution in [0.1, 0.15) is 32.1 Å². The van der Waals surface area contributed by atoms with Gasteiger partial charge in [-0.2, -0.15) is 0 Å². The lowest BCUT2D eigenvalue weighted by Gasteiger charge is -2.26. The average molecular weight is 201 g/mol. The number of esters is 1. The van der Waals surface area contributed by atoms with Gasteiger partial charge in [0.2, 0.25) is 0 Å². The van der Waals surface area contributed by atoms with E-state index in [0.29, 0.717) is 25.5 Å². The molecule has 0 amide bonds. The van der Waals surface area contributed by atoms with Crippen LogP contribution >= 0.6 is 0 Å². The first-order chi connectivity index (χ1) is 6.75. The molecule has 2 aliphatic rings. The van der Waals surface area contributed by atoms with Crippen molar-refractivity contribution in [1.29, 1.82) is 0 Å². The number of cyclic esters (lactones) is 1. The number of hydrogen-bond donors (Lipinski definition) is 1. The Morgan fingerprint density at radius 3 is 2.50 bits per heavy atom. The number of carbonyl (C=O) groups excluding carboxylic acids is 1. The van der Waals surface area contributed by atoms with Crippen molar-refractivity contribution in [1.82, 2.24) is 5.32 Å². The SMILES string of the molecule is O=C1OCCC1NC1CCC(F)CC1. The van der Waals surface area contributed by atoms with E-state index in [0.717, 1.165) is 19.3 Å². The molecule has 1 atom stereocenters. The van der Waals surface area contributed by atoms with Crippen LogP contribution < -0.4 is 5.32 Å². The molecule has 0 aromatic rings. The molecule has 0 radical (unpaired) electrons. The van der Waals surface area contributed by atoms with E-state index < -0.39 is 6.17 Å². The molecule has 1 heterocycles. The van der Waals surface area contributed by atoms with E-state index in [2.05, 4.69) is 5.32 Å². The molecule has 0 aromatic carbocycles. The van der Waals surface area contributed by atoms with E-state index in [1.807, 2.05) is 0 Å². The van der Waals surface area contributed by atoms with Gasteiger partial charge in [-0.15, -0.1) is 0 Å². The number of rotatable bonds is 2. The number of alkyl halides is 1.